The standard InChI is InChI=1S/C32H41NO4/c1-27(2)9-11-31(26(36)37-6)12-10-30(5)24(20(31)17-27)21(34)15-23-28(3)16-19(18-33)25(35)32(13-14-32)22(28)7-8-29(23,30)4/h15-16,20,22,24H,7-14,17H2,1-6H3/t20-,22+,24-,28-,29+,30+,31-/m0/s1/i13D2,14D2. The maximum Gasteiger partial charge on any atom is 0.312 e. The second kappa shape index (κ2) is 7.25. The summed E-state index contributed by atoms with van der Waals surface area (Å²) in [7, 11) is 1.43. The molecule has 0 amide bonds. The molecule has 37 heavy (non-hydrogen) atoms. The summed E-state index contributed by atoms with van der Waals surface area (Å²) in [5.41, 5.74) is -4.23. The predicted molar refractivity (Wildman–Crippen MR) is 139 cm³/mol. The van der Waals surface area contributed by atoms with Crippen LogP contribution in [-0.4, -0.2) is 24.6 Å². The molecule has 5 heteroatoms. The number of allylic oxidation sites excluding steroid dienone is 4. The number of rotatable bonds is 1. The van der Waals surface area contributed by atoms with Crippen LogP contribution in [0.5, 0.6) is 0 Å². The zero-order chi connectivity index (χ0) is 30.4. The van der Waals surface area contributed by atoms with Gasteiger partial charge in [-0.3, -0.25) is 14.4 Å². The Morgan fingerprint density at radius 2 is 1.76 bits per heavy atom. The van der Waals surface area contributed by atoms with Gasteiger partial charge in [-0.1, -0.05) is 46.3 Å². The van der Waals surface area contributed by atoms with E-state index >= 15 is 0 Å². The highest BCUT2D eigenvalue weighted by Gasteiger charge is 2.73. The lowest BCUT2D eigenvalue weighted by molar-refractivity contribution is -0.190. The molecular formula is C32H41NO4. The van der Waals surface area contributed by atoms with E-state index in [-0.39, 0.29) is 28.7 Å². The SMILES string of the molecule is [2H]C1([2H])C([2H])([2H])C12C(=O)C(C#N)=C[C@]1(C)C3=CC(=O)[C@@H]4[C@@H]5CC(C)(C)CC[C@]5(C(=O)OC)CC[C@@]4(C)[C@]3(C)CC[C@@H]21. The molecule has 0 aromatic heterocycles. The molecule has 198 valence electrons. The number of methoxy groups -OCH3 is 1. The number of esters is 1. The Balaban J connectivity index is 1.55. The third-order valence-corrected chi connectivity index (χ3v) is 12.3. The van der Waals surface area contributed by atoms with Crippen molar-refractivity contribution in [3.8, 4) is 6.07 Å². The molecule has 5 nitrogen and oxygen atoms in total. The predicted octanol–water partition coefficient (Wildman–Crippen LogP) is 6.13. The summed E-state index contributed by atoms with van der Waals surface area (Å²) in [6.07, 6.45) is 3.01. The first kappa shape index (κ1) is 20.7. The van der Waals surface area contributed by atoms with Crippen LogP contribution in [0.2, 0.25) is 0 Å². The lowest BCUT2D eigenvalue weighted by Crippen LogP contribution is -2.65. The van der Waals surface area contributed by atoms with E-state index in [1.807, 2.05) is 13.0 Å². The highest BCUT2D eigenvalue weighted by Crippen LogP contribution is 2.76. The van der Waals surface area contributed by atoms with Gasteiger partial charge in [-0.05, 0) is 91.8 Å². The van der Waals surface area contributed by atoms with Crippen LogP contribution in [0.3, 0.4) is 0 Å². The molecule has 0 aromatic carbocycles. The molecule has 0 saturated heterocycles. The van der Waals surface area contributed by atoms with Gasteiger partial charge in [0.15, 0.2) is 11.6 Å². The van der Waals surface area contributed by atoms with Crippen LogP contribution in [0.4, 0.5) is 0 Å². The largest absolute Gasteiger partial charge is 0.469 e. The van der Waals surface area contributed by atoms with E-state index < -0.39 is 57.4 Å². The van der Waals surface area contributed by atoms with Gasteiger partial charge in [0, 0.05) is 22.2 Å². The highest BCUT2D eigenvalue weighted by atomic mass is 16.5. The van der Waals surface area contributed by atoms with Gasteiger partial charge in [-0.25, -0.2) is 0 Å². The van der Waals surface area contributed by atoms with Gasteiger partial charge in [0.05, 0.1) is 18.1 Å². The fourth-order valence-electron chi connectivity index (χ4n) is 9.97. The molecule has 0 radical (unpaired) electrons. The van der Waals surface area contributed by atoms with Crippen LogP contribution in [-0.2, 0) is 19.1 Å². The van der Waals surface area contributed by atoms with E-state index in [1.54, 1.807) is 12.2 Å². The van der Waals surface area contributed by atoms with E-state index in [9.17, 15) is 19.6 Å². The average molecular weight is 508 g/mol. The molecule has 0 heterocycles. The molecule has 6 rings (SSSR count). The van der Waals surface area contributed by atoms with Crippen molar-refractivity contribution < 1.29 is 24.6 Å². The minimum Gasteiger partial charge on any atom is -0.469 e. The number of carbonyl (C=O) groups is 3. The Hall–Kier alpha value is -2.22. The molecule has 1 spiro atoms. The number of nitriles is 1. The number of hydrogen-bond donors (Lipinski definition) is 0. The van der Waals surface area contributed by atoms with E-state index in [2.05, 4.69) is 27.7 Å². The number of fused-ring (bicyclic) bond motifs is 8. The quantitative estimate of drug-likeness (QED) is 0.399. The smallest absolute Gasteiger partial charge is 0.312 e. The van der Waals surface area contributed by atoms with Crippen molar-refractivity contribution in [1.29, 1.82) is 5.26 Å². The van der Waals surface area contributed by atoms with Gasteiger partial charge in [0.1, 0.15) is 6.07 Å². The minimum atomic E-state index is -2.42. The normalized spacial score (nSPS) is 51.1. The third-order valence-electron chi connectivity index (χ3n) is 12.3. The van der Waals surface area contributed by atoms with Crippen molar-refractivity contribution in [2.75, 3.05) is 7.11 Å². The summed E-state index contributed by atoms with van der Waals surface area (Å²) in [5.74, 6) is -2.34. The van der Waals surface area contributed by atoms with Crippen LogP contribution in [0.25, 0.3) is 0 Å². The summed E-state index contributed by atoms with van der Waals surface area (Å²) < 4.78 is 39.9. The average Bonchev–Trinajstić information content (AvgIpc) is 3.25. The minimum absolute atomic E-state index is 0.0288. The first-order chi connectivity index (χ1) is 18.8. The molecule has 4 saturated carbocycles. The summed E-state index contributed by atoms with van der Waals surface area (Å²) >= 11 is 0. The van der Waals surface area contributed by atoms with Crippen molar-refractivity contribution in [2.24, 2.45) is 50.2 Å². The molecule has 0 bridgehead atoms. The maximum atomic E-state index is 14.5. The molecule has 6 aliphatic carbocycles. The first-order valence-corrected chi connectivity index (χ1v) is 13.8. The van der Waals surface area contributed by atoms with Gasteiger partial charge in [-0.15, -0.1) is 0 Å². The second-order valence-corrected chi connectivity index (χ2v) is 14.2. The van der Waals surface area contributed by atoms with Crippen molar-refractivity contribution in [2.45, 2.75) is 92.3 Å². The number of ketones is 2. The van der Waals surface area contributed by atoms with E-state index in [0.29, 0.717) is 32.1 Å². The Bertz CT molecular complexity index is 1390. The highest BCUT2D eigenvalue weighted by molar-refractivity contribution is 6.06. The Morgan fingerprint density at radius 3 is 2.38 bits per heavy atom. The fourth-order valence-corrected chi connectivity index (χ4v) is 9.97. The molecule has 0 aliphatic heterocycles. The number of Topliss-reactive ketones (excluding diaryl/α,β-unsaturated/α-hetero) is 1. The van der Waals surface area contributed by atoms with Crippen LogP contribution in [0.15, 0.2) is 23.3 Å². The maximum absolute atomic E-state index is 14.5. The first-order valence-electron chi connectivity index (χ1n) is 15.8. The van der Waals surface area contributed by atoms with Crippen LogP contribution < -0.4 is 0 Å². The van der Waals surface area contributed by atoms with Crippen LogP contribution >= 0.6 is 0 Å². The van der Waals surface area contributed by atoms with Crippen LogP contribution in [0.1, 0.15) is 97.8 Å². The van der Waals surface area contributed by atoms with E-state index in [1.165, 1.54) is 7.11 Å². The number of hydrogen-bond acceptors (Lipinski definition) is 5. The molecule has 4 fully saturated rings. The molecule has 0 aromatic rings. The van der Waals surface area contributed by atoms with Crippen molar-refractivity contribution in [3.63, 3.8) is 0 Å². The summed E-state index contributed by atoms with van der Waals surface area (Å²) in [6.45, 7) is 10.6. The van der Waals surface area contributed by atoms with Gasteiger partial charge in [0.2, 0.25) is 0 Å². The van der Waals surface area contributed by atoms with Gasteiger partial charge >= 0.3 is 5.97 Å². The fraction of sp³-hybridized carbons (Fsp3) is 0.750. The Kier molecular flexibility index (Phi) is 4.05. The van der Waals surface area contributed by atoms with Gasteiger partial charge < -0.3 is 4.74 Å². The Labute approximate surface area is 226 Å². The molecule has 0 N–H and O–H groups in total. The summed E-state index contributed by atoms with van der Waals surface area (Å²) in [5, 5.41) is 9.98. The lowest BCUT2D eigenvalue weighted by Gasteiger charge is -2.68. The monoisotopic (exact) mass is 507 g/mol. The second-order valence-electron chi connectivity index (χ2n) is 14.2. The Morgan fingerprint density at radius 1 is 1.08 bits per heavy atom. The number of carbonyl (C=O) groups excluding carboxylic acids is 3. The van der Waals surface area contributed by atoms with Gasteiger partial charge in [-0.2, -0.15) is 5.26 Å². The zero-order valence-electron chi connectivity index (χ0n) is 26.9. The summed E-state index contributed by atoms with van der Waals surface area (Å²) in [4.78, 5) is 41.5. The van der Waals surface area contributed by atoms with Crippen molar-refractivity contribution in [1.82, 2.24) is 0 Å². The van der Waals surface area contributed by atoms with Crippen molar-refractivity contribution >= 4 is 17.5 Å². The third kappa shape index (κ3) is 2.83. The molecule has 6 aliphatic rings. The molecular weight excluding hydrogens is 462 g/mol. The van der Waals surface area contributed by atoms with Crippen LogP contribution in [0, 0.1) is 61.6 Å². The van der Waals surface area contributed by atoms with E-state index in [0.717, 1.165) is 18.4 Å². The topological polar surface area (TPSA) is 84.2 Å². The lowest BCUT2D eigenvalue weighted by atomic mass is 9.34. The van der Waals surface area contributed by atoms with Crippen molar-refractivity contribution in [3.05, 3.63) is 23.3 Å². The number of ether oxygens (including phenoxy) is 1. The van der Waals surface area contributed by atoms with Gasteiger partial charge in [0.25, 0.3) is 0 Å². The summed E-state index contributed by atoms with van der Waals surface area (Å²) in [6, 6.07) is 1.95. The number of nitrogens with zero attached hydrogens (tertiary/aromatic N) is 1. The van der Waals surface area contributed by atoms with E-state index in [4.69, 9.17) is 10.2 Å². The molecule has 7 atom stereocenters. The molecule has 0 unspecified atom stereocenters. The zero-order valence-corrected chi connectivity index (χ0v) is 22.9.